The molecule has 27 heavy (non-hydrogen) atoms. The van der Waals surface area contributed by atoms with E-state index in [1.54, 1.807) is 12.1 Å². The molecule has 2 amide bonds. The summed E-state index contributed by atoms with van der Waals surface area (Å²) in [4.78, 5) is 22.0. The number of carbonyl (C=O) groups excluding carboxylic acids is 1. The summed E-state index contributed by atoms with van der Waals surface area (Å²) in [6, 6.07) is 14.0. The number of anilines is 1. The highest BCUT2D eigenvalue weighted by atomic mass is 19.1. The third-order valence-corrected chi connectivity index (χ3v) is 4.88. The number of hydrogen-bond donors (Lipinski definition) is 3. The molecule has 6 nitrogen and oxygen atoms in total. The highest BCUT2D eigenvalue weighted by Crippen LogP contribution is 2.23. The second-order valence-corrected chi connectivity index (χ2v) is 6.86. The molecule has 3 aromatic rings. The van der Waals surface area contributed by atoms with Gasteiger partial charge in [-0.3, -0.25) is 0 Å². The van der Waals surface area contributed by atoms with Crippen LogP contribution in [0, 0.1) is 5.82 Å². The number of urea groups is 1. The van der Waals surface area contributed by atoms with E-state index >= 15 is 0 Å². The van der Waals surface area contributed by atoms with Gasteiger partial charge >= 0.3 is 6.03 Å². The number of imidazole rings is 1. The van der Waals surface area contributed by atoms with E-state index in [2.05, 4.69) is 20.6 Å². The Bertz CT molecular complexity index is 923. The number of aromatic nitrogens is 2. The minimum Gasteiger partial charge on any atom is -0.367 e. The fourth-order valence-corrected chi connectivity index (χ4v) is 3.47. The van der Waals surface area contributed by atoms with Gasteiger partial charge in [-0.25, -0.2) is 14.2 Å². The molecule has 1 saturated heterocycles. The number of hydrogen-bond acceptors (Lipinski definition) is 3. The van der Waals surface area contributed by atoms with Gasteiger partial charge in [0.25, 0.3) is 0 Å². The number of nitrogens with one attached hydrogen (secondary N) is 3. The van der Waals surface area contributed by atoms with Crippen molar-refractivity contribution < 1.29 is 9.18 Å². The first-order valence-corrected chi connectivity index (χ1v) is 9.11. The standard InChI is InChI=1S/C20H22FN5O/c1-13(19-24-16-7-3-4-8-17(16)25-19)22-20(27)23-14-10-11-26(12-14)18-9-5-2-6-15(18)21/h2-9,13-14H,10-12H2,1H3,(H,24,25)(H2,22,23,27)/t13-,14?/m0/s1. The molecule has 3 N–H and O–H groups in total. The third kappa shape index (κ3) is 3.72. The average Bonchev–Trinajstić information content (AvgIpc) is 3.28. The fraction of sp³-hybridized carbons (Fsp3) is 0.300. The number of amides is 2. The maximum Gasteiger partial charge on any atom is 0.315 e. The summed E-state index contributed by atoms with van der Waals surface area (Å²) in [6.07, 6.45) is 0.779. The molecular weight excluding hydrogens is 345 g/mol. The highest BCUT2D eigenvalue weighted by Gasteiger charge is 2.26. The van der Waals surface area contributed by atoms with E-state index in [1.165, 1.54) is 6.07 Å². The van der Waals surface area contributed by atoms with E-state index in [0.29, 0.717) is 24.6 Å². The summed E-state index contributed by atoms with van der Waals surface area (Å²) >= 11 is 0. The molecule has 2 heterocycles. The van der Waals surface area contributed by atoms with E-state index in [9.17, 15) is 9.18 Å². The number of nitrogens with zero attached hydrogens (tertiary/aromatic N) is 2. The number of halogens is 1. The molecule has 1 aromatic heterocycles. The third-order valence-electron chi connectivity index (χ3n) is 4.88. The summed E-state index contributed by atoms with van der Waals surface area (Å²) in [5, 5.41) is 5.89. The second kappa shape index (κ2) is 7.26. The summed E-state index contributed by atoms with van der Waals surface area (Å²) < 4.78 is 13.9. The van der Waals surface area contributed by atoms with Crippen LogP contribution in [0.25, 0.3) is 11.0 Å². The van der Waals surface area contributed by atoms with Crippen molar-refractivity contribution in [2.24, 2.45) is 0 Å². The second-order valence-electron chi connectivity index (χ2n) is 6.86. The Balaban J connectivity index is 1.33. The van der Waals surface area contributed by atoms with Gasteiger partial charge in [-0.2, -0.15) is 0 Å². The largest absolute Gasteiger partial charge is 0.367 e. The predicted octanol–water partition coefficient (Wildman–Crippen LogP) is 3.34. The zero-order valence-corrected chi connectivity index (χ0v) is 15.1. The summed E-state index contributed by atoms with van der Waals surface area (Å²) in [6.45, 7) is 3.19. The molecule has 7 heteroatoms. The number of carbonyl (C=O) groups is 1. The normalized spacial score (nSPS) is 17.9. The van der Waals surface area contributed by atoms with Gasteiger partial charge in [0.2, 0.25) is 0 Å². The molecule has 1 unspecified atom stereocenters. The van der Waals surface area contributed by atoms with Gasteiger partial charge in [0.15, 0.2) is 0 Å². The Kier molecular flexibility index (Phi) is 4.66. The SMILES string of the molecule is C[C@H](NC(=O)NC1CCN(c2ccccc2F)C1)c1nc2ccccc2[nH]1. The lowest BCUT2D eigenvalue weighted by Crippen LogP contribution is -2.44. The van der Waals surface area contributed by atoms with Crippen LogP contribution >= 0.6 is 0 Å². The molecule has 2 atom stereocenters. The Labute approximate surface area is 156 Å². The highest BCUT2D eigenvalue weighted by molar-refractivity contribution is 5.76. The molecule has 0 radical (unpaired) electrons. The molecule has 1 fully saturated rings. The number of benzene rings is 2. The van der Waals surface area contributed by atoms with E-state index in [1.807, 2.05) is 42.2 Å². The van der Waals surface area contributed by atoms with Crippen molar-refractivity contribution in [2.75, 3.05) is 18.0 Å². The minimum atomic E-state index is -0.249. The number of fused-ring (bicyclic) bond motifs is 1. The van der Waals surface area contributed by atoms with Crippen molar-refractivity contribution in [1.82, 2.24) is 20.6 Å². The number of H-pyrrole nitrogens is 1. The first-order valence-electron chi connectivity index (χ1n) is 9.11. The Hall–Kier alpha value is -3.09. The lowest BCUT2D eigenvalue weighted by atomic mass is 10.2. The lowest BCUT2D eigenvalue weighted by Gasteiger charge is -2.20. The van der Waals surface area contributed by atoms with Crippen LogP contribution in [0.3, 0.4) is 0 Å². The summed E-state index contributed by atoms with van der Waals surface area (Å²) in [5.41, 5.74) is 2.40. The van der Waals surface area contributed by atoms with Crippen molar-refractivity contribution in [2.45, 2.75) is 25.4 Å². The number of rotatable bonds is 4. The average molecular weight is 367 g/mol. The van der Waals surface area contributed by atoms with Crippen LogP contribution in [-0.2, 0) is 0 Å². The molecule has 0 spiro atoms. The van der Waals surface area contributed by atoms with Crippen LogP contribution in [0.15, 0.2) is 48.5 Å². The fourth-order valence-electron chi connectivity index (χ4n) is 3.47. The van der Waals surface area contributed by atoms with Crippen LogP contribution in [0.2, 0.25) is 0 Å². The monoisotopic (exact) mass is 367 g/mol. The van der Waals surface area contributed by atoms with Crippen molar-refractivity contribution in [1.29, 1.82) is 0 Å². The van der Waals surface area contributed by atoms with Crippen LogP contribution in [-0.4, -0.2) is 35.1 Å². The van der Waals surface area contributed by atoms with E-state index < -0.39 is 0 Å². The molecule has 4 rings (SSSR count). The van der Waals surface area contributed by atoms with Gasteiger partial charge in [0, 0.05) is 19.1 Å². The number of aromatic amines is 1. The molecule has 2 aromatic carbocycles. The minimum absolute atomic E-state index is 0.0209. The zero-order chi connectivity index (χ0) is 18.8. The van der Waals surface area contributed by atoms with Crippen LogP contribution < -0.4 is 15.5 Å². The van der Waals surface area contributed by atoms with Crippen molar-refractivity contribution in [3.63, 3.8) is 0 Å². The van der Waals surface area contributed by atoms with Gasteiger partial charge in [0.1, 0.15) is 11.6 Å². The van der Waals surface area contributed by atoms with E-state index in [-0.39, 0.29) is 23.9 Å². The van der Waals surface area contributed by atoms with Gasteiger partial charge < -0.3 is 20.5 Å². The quantitative estimate of drug-likeness (QED) is 0.662. The Morgan fingerprint density at radius 3 is 2.85 bits per heavy atom. The number of para-hydroxylation sites is 3. The van der Waals surface area contributed by atoms with Crippen LogP contribution in [0.5, 0.6) is 0 Å². The van der Waals surface area contributed by atoms with Gasteiger partial charge in [-0.1, -0.05) is 24.3 Å². The van der Waals surface area contributed by atoms with E-state index in [4.69, 9.17) is 0 Å². The zero-order valence-electron chi connectivity index (χ0n) is 15.1. The molecule has 0 bridgehead atoms. The first kappa shape index (κ1) is 17.3. The smallest absolute Gasteiger partial charge is 0.315 e. The van der Waals surface area contributed by atoms with Crippen LogP contribution in [0.1, 0.15) is 25.2 Å². The predicted molar refractivity (Wildman–Crippen MR) is 103 cm³/mol. The topological polar surface area (TPSA) is 73.1 Å². The molecule has 0 saturated carbocycles. The summed E-state index contributed by atoms with van der Waals surface area (Å²) in [5.74, 6) is 0.479. The van der Waals surface area contributed by atoms with Crippen LogP contribution in [0.4, 0.5) is 14.9 Å². The van der Waals surface area contributed by atoms with Gasteiger partial charge in [0.05, 0.1) is 22.8 Å². The molecule has 1 aliphatic heterocycles. The van der Waals surface area contributed by atoms with Crippen molar-refractivity contribution >= 4 is 22.8 Å². The Morgan fingerprint density at radius 1 is 1.26 bits per heavy atom. The van der Waals surface area contributed by atoms with Gasteiger partial charge in [-0.05, 0) is 37.6 Å². The summed E-state index contributed by atoms with van der Waals surface area (Å²) in [7, 11) is 0. The molecule has 140 valence electrons. The maximum absolute atomic E-state index is 13.9. The first-order chi connectivity index (χ1) is 13.1. The van der Waals surface area contributed by atoms with Crippen molar-refractivity contribution in [3.8, 4) is 0 Å². The van der Waals surface area contributed by atoms with E-state index in [0.717, 1.165) is 17.5 Å². The molecule has 1 aliphatic rings. The van der Waals surface area contributed by atoms with Crippen molar-refractivity contribution in [3.05, 3.63) is 60.2 Å². The lowest BCUT2D eigenvalue weighted by molar-refractivity contribution is 0.234. The molecule has 0 aliphatic carbocycles. The van der Waals surface area contributed by atoms with Gasteiger partial charge in [-0.15, -0.1) is 0 Å². The Morgan fingerprint density at radius 2 is 2.04 bits per heavy atom. The maximum atomic E-state index is 13.9. The molecular formula is C20H22FN5O.